The maximum absolute atomic E-state index is 9.12. The summed E-state index contributed by atoms with van der Waals surface area (Å²) in [5.41, 5.74) is -0.649. The fourth-order valence-corrected chi connectivity index (χ4v) is 2.72. The van der Waals surface area contributed by atoms with Crippen molar-refractivity contribution in [1.82, 2.24) is 5.32 Å². The Bertz CT molecular complexity index is 339. The number of aliphatic hydroxyl groups is 2. The normalized spacial score (nSPS) is 11.8. The second-order valence-electron chi connectivity index (χ2n) is 3.78. The molecule has 0 unspecified atom stereocenters. The molecule has 0 aliphatic rings. The zero-order valence-corrected chi connectivity index (χ0v) is 11.7. The van der Waals surface area contributed by atoms with Crippen molar-refractivity contribution < 1.29 is 14.9 Å². The van der Waals surface area contributed by atoms with Gasteiger partial charge in [0, 0.05) is 11.4 Å². The summed E-state index contributed by atoms with van der Waals surface area (Å²) in [6.45, 7) is 2.15. The van der Waals surface area contributed by atoms with Gasteiger partial charge in [0.05, 0.1) is 30.3 Å². The molecule has 1 rings (SSSR count). The van der Waals surface area contributed by atoms with Crippen LogP contribution in [0.3, 0.4) is 0 Å². The Kier molecular flexibility index (Phi) is 5.20. The molecule has 0 saturated carbocycles. The first kappa shape index (κ1) is 13.9. The zero-order chi connectivity index (χ0) is 12.2. The fraction of sp³-hybridized carbons (Fsp3) is 0.600. The van der Waals surface area contributed by atoms with Gasteiger partial charge in [0.2, 0.25) is 0 Å². The van der Waals surface area contributed by atoms with Crippen molar-refractivity contribution in [3.63, 3.8) is 0 Å². The molecule has 1 aromatic rings. The largest absolute Gasteiger partial charge is 0.486 e. The summed E-state index contributed by atoms with van der Waals surface area (Å²) < 4.78 is 6.08. The number of nitrogens with one attached hydrogen (secondary N) is 1. The van der Waals surface area contributed by atoms with E-state index < -0.39 is 5.54 Å². The van der Waals surface area contributed by atoms with Crippen molar-refractivity contribution >= 4 is 27.3 Å². The number of aliphatic hydroxyl groups excluding tert-OH is 2. The highest BCUT2D eigenvalue weighted by atomic mass is 79.9. The van der Waals surface area contributed by atoms with Crippen LogP contribution in [0.15, 0.2) is 10.5 Å². The molecule has 1 aromatic heterocycles. The minimum absolute atomic E-state index is 0.104. The molecular formula is C10H16BrNO3S. The average Bonchev–Trinajstić information content (AvgIpc) is 2.67. The number of thiophene rings is 1. The predicted octanol–water partition coefficient (Wildman–Crippen LogP) is 1.35. The molecule has 0 aromatic carbocycles. The van der Waals surface area contributed by atoms with Gasteiger partial charge in [-0.25, -0.2) is 0 Å². The van der Waals surface area contributed by atoms with E-state index in [-0.39, 0.29) is 13.2 Å². The summed E-state index contributed by atoms with van der Waals surface area (Å²) in [6, 6.07) is 1.96. The van der Waals surface area contributed by atoms with Crippen molar-refractivity contribution in [1.29, 1.82) is 0 Å². The fourth-order valence-electron chi connectivity index (χ4n) is 1.09. The quantitative estimate of drug-likeness (QED) is 0.742. The lowest BCUT2D eigenvalue weighted by Crippen LogP contribution is -2.48. The molecule has 0 amide bonds. The maximum Gasteiger partial charge on any atom is 0.188 e. The second-order valence-corrected chi connectivity index (χ2v) is 5.74. The van der Waals surface area contributed by atoms with Crippen LogP contribution < -0.4 is 10.1 Å². The van der Waals surface area contributed by atoms with Crippen molar-refractivity contribution in [3.8, 4) is 5.06 Å². The number of ether oxygens (including phenoxy) is 1. The van der Waals surface area contributed by atoms with Crippen molar-refractivity contribution in [2.75, 3.05) is 20.3 Å². The lowest BCUT2D eigenvalue weighted by Gasteiger charge is -2.25. The first-order valence-electron chi connectivity index (χ1n) is 4.83. The summed E-state index contributed by atoms with van der Waals surface area (Å²) in [4.78, 5) is 1.08. The average molecular weight is 310 g/mol. The minimum atomic E-state index is -0.649. The summed E-state index contributed by atoms with van der Waals surface area (Å²) in [5, 5.41) is 22.2. The van der Waals surface area contributed by atoms with Crippen LogP contribution in [0.5, 0.6) is 5.06 Å². The van der Waals surface area contributed by atoms with Gasteiger partial charge in [-0.05, 0) is 28.9 Å². The number of rotatable bonds is 6. The highest BCUT2D eigenvalue weighted by Gasteiger charge is 2.21. The van der Waals surface area contributed by atoms with Crippen LogP contribution in [-0.2, 0) is 6.54 Å². The van der Waals surface area contributed by atoms with Crippen LogP contribution >= 0.6 is 27.3 Å². The Morgan fingerprint density at radius 2 is 2.12 bits per heavy atom. The van der Waals surface area contributed by atoms with Crippen molar-refractivity contribution in [2.45, 2.75) is 19.0 Å². The second kappa shape index (κ2) is 5.97. The molecule has 0 spiro atoms. The van der Waals surface area contributed by atoms with Crippen LogP contribution in [0.1, 0.15) is 11.8 Å². The summed E-state index contributed by atoms with van der Waals surface area (Å²) >= 11 is 4.92. The Labute approximate surface area is 107 Å². The number of methoxy groups -OCH3 is 1. The van der Waals surface area contributed by atoms with Gasteiger partial charge in [0.15, 0.2) is 5.06 Å². The third kappa shape index (κ3) is 3.43. The van der Waals surface area contributed by atoms with E-state index in [1.807, 2.05) is 6.07 Å². The van der Waals surface area contributed by atoms with E-state index in [9.17, 15) is 0 Å². The molecule has 0 radical (unpaired) electrons. The predicted molar refractivity (Wildman–Crippen MR) is 68.0 cm³/mol. The SMILES string of the molecule is COc1sc(CNC(C)(CO)CO)cc1Br. The molecule has 0 atom stereocenters. The highest BCUT2D eigenvalue weighted by Crippen LogP contribution is 2.34. The highest BCUT2D eigenvalue weighted by molar-refractivity contribution is 9.10. The first-order valence-corrected chi connectivity index (χ1v) is 6.44. The van der Waals surface area contributed by atoms with Gasteiger partial charge >= 0.3 is 0 Å². The Morgan fingerprint density at radius 3 is 2.56 bits per heavy atom. The van der Waals surface area contributed by atoms with Gasteiger partial charge in [-0.15, -0.1) is 11.3 Å². The maximum atomic E-state index is 9.12. The molecule has 16 heavy (non-hydrogen) atoms. The van der Waals surface area contributed by atoms with E-state index in [1.54, 1.807) is 14.0 Å². The van der Waals surface area contributed by atoms with Crippen LogP contribution in [0.4, 0.5) is 0 Å². The molecule has 0 fully saturated rings. The molecule has 0 aliphatic carbocycles. The van der Waals surface area contributed by atoms with Crippen molar-refractivity contribution in [3.05, 3.63) is 15.4 Å². The number of hydrogen-bond acceptors (Lipinski definition) is 5. The van der Waals surface area contributed by atoms with E-state index >= 15 is 0 Å². The van der Waals surface area contributed by atoms with Gasteiger partial charge in [0.1, 0.15) is 0 Å². The molecule has 92 valence electrons. The van der Waals surface area contributed by atoms with Crippen LogP contribution in [0, 0.1) is 0 Å². The smallest absolute Gasteiger partial charge is 0.188 e. The van der Waals surface area contributed by atoms with Crippen LogP contribution in [-0.4, -0.2) is 36.1 Å². The van der Waals surface area contributed by atoms with Gasteiger partial charge in [0.25, 0.3) is 0 Å². The van der Waals surface area contributed by atoms with E-state index in [0.717, 1.165) is 14.4 Å². The summed E-state index contributed by atoms with van der Waals surface area (Å²) in [5.74, 6) is 0. The van der Waals surface area contributed by atoms with E-state index in [4.69, 9.17) is 14.9 Å². The summed E-state index contributed by atoms with van der Waals surface area (Å²) in [7, 11) is 1.62. The van der Waals surface area contributed by atoms with E-state index in [2.05, 4.69) is 21.2 Å². The Balaban J connectivity index is 2.60. The third-order valence-electron chi connectivity index (χ3n) is 2.28. The van der Waals surface area contributed by atoms with Crippen LogP contribution in [0.25, 0.3) is 0 Å². The minimum Gasteiger partial charge on any atom is -0.486 e. The molecule has 0 aliphatic heterocycles. The summed E-state index contributed by atoms with van der Waals surface area (Å²) in [6.07, 6.45) is 0. The van der Waals surface area contributed by atoms with Gasteiger partial charge in [-0.1, -0.05) is 0 Å². The monoisotopic (exact) mass is 309 g/mol. The molecule has 6 heteroatoms. The first-order chi connectivity index (χ1) is 7.54. The van der Waals surface area contributed by atoms with Crippen LogP contribution in [0.2, 0.25) is 0 Å². The van der Waals surface area contributed by atoms with Gasteiger partial charge < -0.3 is 20.3 Å². The Morgan fingerprint density at radius 1 is 1.50 bits per heavy atom. The van der Waals surface area contributed by atoms with E-state index in [0.29, 0.717) is 6.54 Å². The zero-order valence-electron chi connectivity index (χ0n) is 9.29. The molecular weight excluding hydrogens is 294 g/mol. The van der Waals surface area contributed by atoms with E-state index in [1.165, 1.54) is 11.3 Å². The third-order valence-corrected chi connectivity index (χ3v) is 4.23. The topological polar surface area (TPSA) is 61.7 Å². The molecule has 1 heterocycles. The lowest BCUT2D eigenvalue weighted by atomic mass is 10.1. The molecule has 0 bridgehead atoms. The number of halogens is 1. The lowest BCUT2D eigenvalue weighted by molar-refractivity contribution is 0.103. The molecule has 0 saturated heterocycles. The molecule has 4 nitrogen and oxygen atoms in total. The van der Waals surface area contributed by atoms with Gasteiger partial charge in [-0.2, -0.15) is 0 Å². The van der Waals surface area contributed by atoms with Crippen molar-refractivity contribution in [2.24, 2.45) is 0 Å². The number of hydrogen-bond donors (Lipinski definition) is 3. The standard InChI is InChI=1S/C10H16BrNO3S/c1-10(5-13,6-14)12-4-7-3-8(11)9(15-2)16-7/h3,12-14H,4-6H2,1-2H3. The molecule has 3 N–H and O–H groups in total. The van der Waals surface area contributed by atoms with Gasteiger partial charge in [-0.3, -0.25) is 0 Å². The Hall–Kier alpha value is -0.140.